The molecule has 0 unspecified atom stereocenters. The number of thiazole rings is 1. The first kappa shape index (κ1) is 14.0. The third-order valence-electron chi connectivity index (χ3n) is 3.10. The molecule has 0 N–H and O–H groups in total. The molecule has 0 saturated carbocycles. The van der Waals surface area contributed by atoms with Crippen LogP contribution in [0.25, 0.3) is 0 Å². The van der Waals surface area contributed by atoms with Gasteiger partial charge in [-0.1, -0.05) is 11.8 Å². The van der Waals surface area contributed by atoms with Crippen LogP contribution in [0.4, 0.5) is 0 Å². The molecule has 2 aromatic heterocycles. The normalized spacial score (nSPS) is 10.5. The van der Waals surface area contributed by atoms with Crippen LogP contribution >= 0.6 is 23.1 Å². The van der Waals surface area contributed by atoms with Gasteiger partial charge in [-0.15, -0.1) is 11.3 Å². The molecule has 0 amide bonds. The van der Waals surface area contributed by atoms with E-state index in [0.29, 0.717) is 5.56 Å². The fraction of sp³-hybridized carbons (Fsp3) is 0.357. The first-order valence-electron chi connectivity index (χ1n) is 5.94. The molecule has 2 heterocycles. The number of nitrogens with zero attached hydrogens (tertiary/aromatic N) is 3. The zero-order valence-corrected chi connectivity index (χ0v) is 13.1. The predicted octanol–water partition coefficient (Wildman–Crippen LogP) is 3.94. The van der Waals surface area contributed by atoms with Gasteiger partial charge < -0.3 is 0 Å². The maximum Gasteiger partial charge on any atom is 0.115 e. The Morgan fingerprint density at radius 2 is 1.95 bits per heavy atom. The summed E-state index contributed by atoms with van der Waals surface area (Å²) in [6.45, 7) is 7.98. The molecule has 0 spiro atoms. The molecule has 2 aromatic rings. The summed E-state index contributed by atoms with van der Waals surface area (Å²) in [5.74, 6) is 0.758. The third-order valence-corrected chi connectivity index (χ3v) is 4.93. The van der Waals surface area contributed by atoms with Crippen molar-refractivity contribution in [3.8, 4) is 6.07 Å². The molecule has 0 fully saturated rings. The number of pyridine rings is 1. The summed E-state index contributed by atoms with van der Waals surface area (Å²) in [6.07, 6.45) is 0. The summed E-state index contributed by atoms with van der Waals surface area (Å²) in [5, 5.41) is 13.2. The Morgan fingerprint density at radius 1 is 1.21 bits per heavy atom. The maximum absolute atomic E-state index is 9.30. The molecule has 0 aliphatic heterocycles. The predicted molar refractivity (Wildman–Crippen MR) is 79.6 cm³/mol. The zero-order valence-electron chi connectivity index (χ0n) is 11.4. The highest BCUT2D eigenvalue weighted by atomic mass is 32.2. The molecule has 98 valence electrons. The standard InChI is InChI=1S/C14H15N3S2/c1-8-9(2)13(5-15)14(16-10(8)3)19-7-12-6-18-11(4)17-12/h6H,7H2,1-4H3. The fourth-order valence-corrected chi connectivity index (χ4v) is 3.46. The number of thioether (sulfide) groups is 1. The van der Waals surface area contributed by atoms with E-state index in [1.165, 1.54) is 0 Å². The van der Waals surface area contributed by atoms with Crippen LogP contribution in [-0.4, -0.2) is 9.97 Å². The van der Waals surface area contributed by atoms with Gasteiger partial charge in [-0.25, -0.2) is 9.97 Å². The third kappa shape index (κ3) is 2.96. The summed E-state index contributed by atoms with van der Waals surface area (Å²) in [6, 6.07) is 2.27. The van der Waals surface area contributed by atoms with Crippen molar-refractivity contribution >= 4 is 23.1 Å². The minimum Gasteiger partial charge on any atom is -0.246 e. The Balaban J connectivity index is 2.28. The van der Waals surface area contributed by atoms with Crippen LogP contribution in [0.5, 0.6) is 0 Å². The van der Waals surface area contributed by atoms with E-state index in [1.54, 1.807) is 23.1 Å². The summed E-state index contributed by atoms with van der Waals surface area (Å²) in [4.78, 5) is 8.97. The number of rotatable bonds is 3. The Labute approximate surface area is 121 Å². The van der Waals surface area contributed by atoms with Crippen LogP contribution in [0.1, 0.15) is 33.1 Å². The molecular weight excluding hydrogens is 274 g/mol. The van der Waals surface area contributed by atoms with Crippen LogP contribution in [-0.2, 0) is 5.75 Å². The molecule has 19 heavy (non-hydrogen) atoms. The van der Waals surface area contributed by atoms with Gasteiger partial charge in [0.1, 0.15) is 11.1 Å². The van der Waals surface area contributed by atoms with Gasteiger partial charge >= 0.3 is 0 Å². The lowest BCUT2D eigenvalue weighted by Crippen LogP contribution is -1.99. The summed E-state index contributed by atoms with van der Waals surface area (Å²) < 4.78 is 0. The lowest BCUT2D eigenvalue weighted by Gasteiger charge is -2.10. The summed E-state index contributed by atoms with van der Waals surface area (Å²) >= 11 is 3.23. The second-order valence-electron chi connectivity index (χ2n) is 4.39. The molecule has 0 radical (unpaired) electrons. The molecule has 3 nitrogen and oxygen atoms in total. The van der Waals surface area contributed by atoms with Crippen LogP contribution < -0.4 is 0 Å². The molecule has 0 bridgehead atoms. The van der Waals surface area contributed by atoms with Crippen molar-refractivity contribution in [3.05, 3.63) is 38.5 Å². The largest absolute Gasteiger partial charge is 0.246 e. The summed E-state index contributed by atoms with van der Waals surface area (Å²) in [7, 11) is 0. The second-order valence-corrected chi connectivity index (χ2v) is 6.41. The van der Waals surface area contributed by atoms with E-state index in [1.807, 2.05) is 27.7 Å². The minimum absolute atomic E-state index is 0.694. The monoisotopic (exact) mass is 289 g/mol. The van der Waals surface area contributed by atoms with Gasteiger partial charge in [0.15, 0.2) is 0 Å². The lowest BCUT2D eigenvalue weighted by molar-refractivity contribution is 0.997. The van der Waals surface area contributed by atoms with E-state index in [4.69, 9.17) is 0 Å². The van der Waals surface area contributed by atoms with Crippen molar-refractivity contribution in [2.45, 2.75) is 38.5 Å². The van der Waals surface area contributed by atoms with Crippen molar-refractivity contribution in [1.82, 2.24) is 9.97 Å². The molecule has 5 heteroatoms. The number of hydrogen-bond donors (Lipinski definition) is 0. The molecule has 0 aromatic carbocycles. The fourth-order valence-electron chi connectivity index (χ4n) is 1.76. The van der Waals surface area contributed by atoms with E-state index in [2.05, 4.69) is 21.4 Å². The number of aryl methyl sites for hydroxylation is 2. The first-order valence-corrected chi connectivity index (χ1v) is 7.81. The average molecular weight is 289 g/mol. The van der Waals surface area contributed by atoms with E-state index < -0.39 is 0 Å². The highest BCUT2D eigenvalue weighted by Crippen LogP contribution is 2.28. The van der Waals surface area contributed by atoms with E-state index in [0.717, 1.165) is 38.3 Å². The van der Waals surface area contributed by atoms with Crippen molar-refractivity contribution in [1.29, 1.82) is 5.26 Å². The Bertz CT molecular complexity index is 653. The lowest BCUT2D eigenvalue weighted by atomic mass is 10.1. The molecule has 2 rings (SSSR count). The Kier molecular flexibility index (Phi) is 4.23. The van der Waals surface area contributed by atoms with Crippen molar-refractivity contribution in [3.63, 3.8) is 0 Å². The van der Waals surface area contributed by atoms with Crippen molar-refractivity contribution in [2.24, 2.45) is 0 Å². The zero-order chi connectivity index (χ0) is 14.0. The molecule has 0 aliphatic carbocycles. The van der Waals surface area contributed by atoms with Gasteiger partial charge in [-0.3, -0.25) is 0 Å². The highest BCUT2D eigenvalue weighted by molar-refractivity contribution is 7.98. The molecule has 0 atom stereocenters. The molecule has 0 saturated heterocycles. The van der Waals surface area contributed by atoms with Crippen LogP contribution in [0.3, 0.4) is 0 Å². The Hall–Kier alpha value is -1.38. The van der Waals surface area contributed by atoms with Gasteiger partial charge in [0.25, 0.3) is 0 Å². The SMILES string of the molecule is Cc1nc(CSc2nc(C)c(C)c(C)c2C#N)cs1. The average Bonchev–Trinajstić information content (AvgIpc) is 2.79. The first-order chi connectivity index (χ1) is 9.02. The number of aromatic nitrogens is 2. The van der Waals surface area contributed by atoms with E-state index in [9.17, 15) is 5.26 Å². The Morgan fingerprint density at radius 3 is 2.53 bits per heavy atom. The number of nitriles is 1. The molecule has 0 aliphatic rings. The topological polar surface area (TPSA) is 49.6 Å². The second kappa shape index (κ2) is 5.72. The molecular formula is C14H15N3S2. The van der Waals surface area contributed by atoms with Gasteiger partial charge in [0.2, 0.25) is 0 Å². The van der Waals surface area contributed by atoms with Crippen LogP contribution in [0.15, 0.2) is 10.4 Å². The maximum atomic E-state index is 9.30. The highest BCUT2D eigenvalue weighted by Gasteiger charge is 2.13. The van der Waals surface area contributed by atoms with Gasteiger partial charge in [0, 0.05) is 16.8 Å². The quantitative estimate of drug-likeness (QED) is 0.803. The van der Waals surface area contributed by atoms with Crippen LogP contribution in [0, 0.1) is 39.0 Å². The van der Waals surface area contributed by atoms with E-state index in [-0.39, 0.29) is 0 Å². The van der Waals surface area contributed by atoms with Crippen molar-refractivity contribution in [2.75, 3.05) is 0 Å². The van der Waals surface area contributed by atoms with Gasteiger partial charge in [0.05, 0.1) is 16.3 Å². The number of hydrogen-bond acceptors (Lipinski definition) is 5. The van der Waals surface area contributed by atoms with Crippen molar-refractivity contribution < 1.29 is 0 Å². The van der Waals surface area contributed by atoms with E-state index >= 15 is 0 Å². The van der Waals surface area contributed by atoms with Gasteiger partial charge in [-0.05, 0) is 38.8 Å². The minimum atomic E-state index is 0.694. The van der Waals surface area contributed by atoms with Gasteiger partial charge in [-0.2, -0.15) is 5.26 Å². The smallest absolute Gasteiger partial charge is 0.115 e. The summed E-state index contributed by atoms with van der Waals surface area (Å²) in [5.41, 5.74) is 4.87. The van der Waals surface area contributed by atoms with Crippen LogP contribution in [0.2, 0.25) is 0 Å².